The van der Waals surface area contributed by atoms with Crippen LogP contribution in [0.25, 0.3) is 0 Å². The third-order valence-electron chi connectivity index (χ3n) is 2.59. The van der Waals surface area contributed by atoms with Crippen LogP contribution in [-0.2, 0) is 6.42 Å². The summed E-state index contributed by atoms with van der Waals surface area (Å²) in [6.45, 7) is 7.19. The van der Waals surface area contributed by atoms with E-state index in [-0.39, 0.29) is 5.54 Å². The lowest BCUT2D eigenvalue weighted by Crippen LogP contribution is -2.47. The van der Waals surface area contributed by atoms with Crippen molar-refractivity contribution < 1.29 is 5.11 Å². The van der Waals surface area contributed by atoms with Gasteiger partial charge in [-0.1, -0.05) is 12.1 Å². The molecule has 0 aromatic heterocycles. The summed E-state index contributed by atoms with van der Waals surface area (Å²) in [6, 6.07) is 7.36. The monoisotopic (exact) mass is 263 g/mol. The number of nitrogens with one attached hydrogen (secondary N) is 2. The van der Waals surface area contributed by atoms with Crippen LogP contribution in [0, 0.1) is 0 Å². The van der Waals surface area contributed by atoms with Crippen LogP contribution in [0.2, 0.25) is 0 Å². The number of benzene rings is 1. The average molecular weight is 263 g/mol. The van der Waals surface area contributed by atoms with E-state index >= 15 is 0 Å². The first-order valence-corrected chi connectivity index (χ1v) is 6.67. The second-order valence-electron chi connectivity index (χ2n) is 5.64. The predicted molar refractivity (Wildman–Crippen MR) is 80.7 cm³/mol. The van der Waals surface area contributed by atoms with E-state index in [1.807, 2.05) is 12.1 Å². The molecule has 0 radical (unpaired) electrons. The Labute approximate surface area is 116 Å². The van der Waals surface area contributed by atoms with Gasteiger partial charge in [-0.25, -0.2) is 0 Å². The SMILES string of the molecule is CN=C(NCCCc1ccc(O)cc1)NC(C)(C)C. The zero-order valence-electron chi connectivity index (χ0n) is 12.3. The molecule has 1 aromatic rings. The lowest BCUT2D eigenvalue weighted by atomic mass is 10.1. The molecule has 106 valence electrons. The summed E-state index contributed by atoms with van der Waals surface area (Å²) < 4.78 is 0. The van der Waals surface area contributed by atoms with Crippen LogP contribution in [0.3, 0.4) is 0 Å². The highest BCUT2D eigenvalue weighted by Gasteiger charge is 2.10. The van der Waals surface area contributed by atoms with Crippen molar-refractivity contribution in [3.63, 3.8) is 0 Å². The Balaban J connectivity index is 2.28. The summed E-state index contributed by atoms with van der Waals surface area (Å²) >= 11 is 0. The zero-order chi connectivity index (χ0) is 14.3. The van der Waals surface area contributed by atoms with Crippen molar-refractivity contribution in [2.75, 3.05) is 13.6 Å². The molecule has 0 aliphatic carbocycles. The molecular weight excluding hydrogens is 238 g/mol. The third-order valence-corrected chi connectivity index (χ3v) is 2.59. The number of hydrogen-bond donors (Lipinski definition) is 3. The van der Waals surface area contributed by atoms with Crippen LogP contribution >= 0.6 is 0 Å². The summed E-state index contributed by atoms with van der Waals surface area (Å²) in [5.41, 5.74) is 1.25. The highest BCUT2D eigenvalue weighted by Crippen LogP contribution is 2.10. The maximum absolute atomic E-state index is 9.20. The van der Waals surface area contributed by atoms with Crippen molar-refractivity contribution >= 4 is 5.96 Å². The normalized spacial score (nSPS) is 12.3. The maximum Gasteiger partial charge on any atom is 0.191 e. The van der Waals surface area contributed by atoms with Crippen molar-refractivity contribution in [1.82, 2.24) is 10.6 Å². The van der Waals surface area contributed by atoms with Crippen molar-refractivity contribution in [3.05, 3.63) is 29.8 Å². The van der Waals surface area contributed by atoms with Gasteiger partial charge in [-0.2, -0.15) is 0 Å². The molecule has 0 saturated carbocycles. The number of aryl methyl sites for hydroxylation is 1. The van der Waals surface area contributed by atoms with E-state index in [1.165, 1.54) is 5.56 Å². The molecule has 0 spiro atoms. The predicted octanol–water partition coefficient (Wildman–Crippen LogP) is 2.29. The van der Waals surface area contributed by atoms with Crippen molar-refractivity contribution in [1.29, 1.82) is 0 Å². The van der Waals surface area contributed by atoms with Crippen molar-refractivity contribution in [3.8, 4) is 5.75 Å². The first-order chi connectivity index (χ1) is 8.90. The summed E-state index contributed by atoms with van der Waals surface area (Å²) in [4.78, 5) is 4.19. The lowest BCUT2D eigenvalue weighted by molar-refractivity contribution is 0.475. The largest absolute Gasteiger partial charge is 0.508 e. The number of phenolic OH excluding ortho intramolecular Hbond substituents is 1. The molecule has 1 aromatic carbocycles. The van der Waals surface area contributed by atoms with Crippen molar-refractivity contribution in [2.45, 2.75) is 39.2 Å². The molecule has 1 rings (SSSR count). The minimum atomic E-state index is 0.0127. The maximum atomic E-state index is 9.20. The topological polar surface area (TPSA) is 56.7 Å². The number of nitrogens with zero attached hydrogens (tertiary/aromatic N) is 1. The average Bonchev–Trinajstić information content (AvgIpc) is 2.34. The Morgan fingerprint density at radius 1 is 1.21 bits per heavy atom. The highest BCUT2D eigenvalue weighted by molar-refractivity contribution is 5.80. The summed E-state index contributed by atoms with van der Waals surface area (Å²) in [7, 11) is 1.78. The van der Waals surface area contributed by atoms with Crippen LogP contribution < -0.4 is 10.6 Å². The van der Waals surface area contributed by atoms with Gasteiger partial charge in [-0.05, 0) is 51.3 Å². The van der Waals surface area contributed by atoms with Gasteiger partial charge in [-0.3, -0.25) is 4.99 Å². The van der Waals surface area contributed by atoms with Gasteiger partial charge in [0.15, 0.2) is 5.96 Å². The van der Waals surface area contributed by atoms with Gasteiger partial charge in [0.1, 0.15) is 5.75 Å². The van der Waals surface area contributed by atoms with Crippen LogP contribution in [0.5, 0.6) is 5.75 Å². The Kier molecular flexibility index (Phi) is 5.67. The second-order valence-corrected chi connectivity index (χ2v) is 5.64. The number of rotatable bonds is 4. The fourth-order valence-corrected chi connectivity index (χ4v) is 1.70. The van der Waals surface area contributed by atoms with Crippen molar-refractivity contribution in [2.24, 2.45) is 4.99 Å². The number of aromatic hydroxyl groups is 1. The minimum Gasteiger partial charge on any atom is -0.508 e. The molecule has 0 bridgehead atoms. The molecule has 0 aliphatic rings. The van der Waals surface area contributed by atoms with E-state index in [0.29, 0.717) is 5.75 Å². The van der Waals surface area contributed by atoms with E-state index in [9.17, 15) is 5.11 Å². The molecule has 0 unspecified atom stereocenters. The Bertz CT molecular complexity index is 404. The van der Waals surface area contributed by atoms with Gasteiger partial charge in [0.2, 0.25) is 0 Å². The molecule has 3 N–H and O–H groups in total. The molecule has 4 heteroatoms. The summed E-state index contributed by atoms with van der Waals surface area (Å²) in [5, 5.41) is 15.8. The highest BCUT2D eigenvalue weighted by atomic mass is 16.3. The fourth-order valence-electron chi connectivity index (χ4n) is 1.70. The van der Waals surface area contributed by atoms with Crippen LogP contribution in [0.15, 0.2) is 29.3 Å². The molecule has 0 amide bonds. The second kappa shape index (κ2) is 7.02. The van der Waals surface area contributed by atoms with E-state index in [4.69, 9.17) is 0 Å². The van der Waals surface area contributed by atoms with Gasteiger partial charge in [-0.15, -0.1) is 0 Å². The smallest absolute Gasteiger partial charge is 0.191 e. The van der Waals surface area contributed by atoms with Crippen LogP contribution in [0.4, 0.5) is 0 Å². The Morgan fingerprint density at radius 2 is 1.84 bits per heavy atom. The fraction of sp³-hybridized carbons (Fsp3) is 0.533. The number of aliphatic imine (C=N–C) groups is 1. The summed E-state index contributed by atoms with van der Waals surface area (Å²) in [5.74, 6) is 1.15. The summed E-state index contributed by atoms with van der Waals surface area (Å²) in [6.07, 6.45) is 2.01. The molecule has 0 heterocycles. The Morgan fingerprint density at radius 3 is 2.37 bits per heavy atom. The molecule has 0 atom stereocenters. The van der Waals surface area contributed by atoms with Gasteiger partial charge in [0.05, 0.1) is 0 Å². The van der Waals surface area contributed by atoms with E-state index in [1.54, 1.807) is 19.2 Å². The van der Waals surface area contributed by atoms with Gasteiger partial charge in [0.25, 0.3) is 0 Å². The standard InChI is InChI=1S/C15H25N3O/c1-15(2,3)18-14(16-4)17-11-5-6-12-7-9-13(19)10-8-12/h7-10,19H,5-6,11H2,1-4H3,(H2,16,17,18). The molecular formula is C15H25N3O. The quantitative estimate of drug-likeness (QED) is 0.444. The van der Waals surface area contributed by atoms with Gasteiger partial charge < -0.3 is 15.7 Å². The Hall–Kier alpha value is -1.71. The van der Waals surface area contributed by atoms with Crippen LogP contribution in [-0.4, -0.2) is 30.2 Å². The molecule has 0 saturated heterocycles. The number of guanidine groups is 1. The third kappa shape index (κ3) is 6.70. The van der Waals surface area contributed by atoms with Gasteiger partial charge >= 0.3 is 0 Å². The lowest BCUT2D eigenvalue weighted by Gasteiger charge is -2.23. The molecule has 0 aliphatic heterocycles. The first kappa shape index (κ1) is 15.3. The first-order valence-electron chi connectivity index (χ1n) is 6.67. The molecule has 19 heavy (non-hydrogen) atoms. The van der Waals surface area contributed by atoms with Gasteiger partial charge in [0, 0.05) is 19.1 Å². The molecule has 4 nitrogen and oxygen atoms in total. The van der Waals surface area contributed by atoms with E-state index < -0.39 is 0 Å². The van der Waals surface area contributed by atoms with E-state index in [0.717, 1.165) is 25.3 Å². The zero-order valence-corrected chi connectivity index (χ0v) is 12.3. The molecule has 0 fully saturated rings. The number of phenols is 1. The minimum absolute atomic E-state index is 0.0127. The van der Waals surface area contributed by atoms with E-state index in [2.05, 4.69) is 36.4 Å². The van der Waals surface area contributed by atoms with Crippen LogP contribution in [0.1, 0.15) is 32.8 Å². The number of hydrogen-bond acceptors (Lipinski definition) is 2.